The number of ether oxygens (including phenoxy) is 1. The number of nitrogens with two attached hydrogens (primary N) is 1. The van der Waals surface area contributed by atoms with E-state index in [1.54, 1.807) is 30.3 Å². The molecule has 0 aliphatic carbocycles. The van der Waals surface area contributed by atoms with Crippen LogP contribution in [0.15, 0.2) is 66.7 Å². The fourth-order valence-electron chi connectivity index (χ4n) is 2.05. The van der Waals surface area contributed by atoms with Crippen molar-refractivity contribution in [2.75, 3.05) is 5.73 Å². The van der Waals surface area contributed by atoms with E-state index in [0.29, 0.717) is 11.5 Å². The van der Waals surface area contributed by atoms with E-state index < -0.39 is 11.6 Å². The summed E-state index contributed by atoms with van der Waals surface area (Å²) in [6, 6.07) is 17.5. The first kappa shape index (κ1) is 14.8. The van der Waals surface area contributed by atoms with Crippen LogP contribution in [0.3, 0.4) is 0 Å². The predicted octanol–water partition coefficient (Wildman–Crippen LogP) is 5.68. The van der Waals surface area contributed by atoms with Gasteiger partial charge in [0.25, 0.3) is 0 Å². The molecule has 3 rings (SSSR count). The van der Waals surface area contributed by atoms with Crippen molar-refractivity contribution in [3.05, 3.63) is 83.7 Å². The topological polar surface area (TPSA) is 49.4 Å². The zero-order valence-corrected chi connectivity index (χ0v) is 12.0. The minimum Gasteiger partial charge on any atom is -0.651 e. The van der Waals surface area contributed by atoms with Crippen molar-refractivity contribution >= 4 is 17.1 Å². The van der Waals surface area contributed by atoms with Crippen molar-refractivity contribution in [2.24, 2.45) is 0 Å². The van der Waals surface area contributed by atoms with Crippen molar-refractivity contribution in [1.29, 1.82) is 0 Å². The summed E-state index contributed by atoms with van der Waals surface area (Å²) in [6.07, 6.45) is 0. The molecule has 0 atom stereocenters. The van der Waals surface area contributed by atoms with Gasteiger partial charge in [-0.3, -0.25) is 0 Å². The molecule has 0 heterocycles. The molecule has 0 amide bonds. The number of anilines is 1. The van der Waals surface area contributed by atoms with Crippen LogP contribution < -0.4 is 10.5 Å². The van der Waals surface area contributed by atoms with Gasteiger partial charge in [-0.25, -0.2) is 8.78 Å². The molecule has 3 aromatic carbocycles. The summed E-state index contributed by atoms with van der Waals surface area (Å²) in [5, 5.41) is 3.99. The van der Waals surface area contributed by atoms with Crippen molar-refractivity contribution in [1.82, 2.24) is 0 Å². The zero-order valence-electron chi connectivity index (χ0n) is 12.0. The number of hydrogen-bond acceptors (Lipinski definition) is 2. The largest absolute Gasteiger partial charge is 0.651 e. The SMILES string of the molecule is Nc1c([N-]c2c(F)cccc2F)cccc1Oc1ccccc1. The lowest BCUT2D eigenvalue weighted by molar-refractivity contribution is 0.485. The molecule has 5 heteroatoms. The van der Waals surface area contributed by atoms with Crippen molar-refractivity contribution in [3.8, 4) is 11.5 Å². The first-order chi connectivity index (χ1) is 11.1. The van der Waals surface area contributed by atoms with Gasteiger partial charge in [0.2, 0.25) is 0 Å². The summed E-state index contributed by atoms with van der Waals surface area (Å²) in [5.41, 5.74) is 6.08. The summed E-state index contributed by atoms with van der Waals surface area (Å²) in [4.78, 5) is 0. The summed E-state index contributed by atoms with van der Waals surface area (Å²) in [6.45, 7) is 0. The van der Waals surface area contributed by atoms with Crippen LogP contribution in [0.4, 0.5) is 25.8 Å². The van der Waals surface area contributed by atoms with E-state index >= 15 is 0 Å². The Kier molecular flexibility index (Phi) is 4.10. The number of nitrogen functional groups attached to an aromatic ring is 1. The van der Waals surface area contributed by atoms with Gasteiger partial charge in [0.1, 0.15) is 23.1 Å². The molecular formula is C18H13F2N2O-. The molecule has 0 aromatic heterocycles. The van der Waals surface area contributed by atoms with Crippen molar-refractivity contribution in [3.63, 3.8) is 0 Å². The number of para-hydroxylation sites is 3. The highest BCUT2D eigenvalue weighted by Crippen LogP contribution is 2.42. The molecule has 0 spiro atoms. The second-order valence-electron chi connectivity index (χ2n) is 4.79. The van der Waals surface area contributed by atoms with E-state index in [0.717, 1.165) is 12.1 Å². The smallest absolute Gasteiger partial charge is 0.149 e. The lowest BCUT2D eigenvalue weighted by Crippen LogP contribution is -1.93. The van der Waals surface area contributed by atoms with E-state index in [1.807, 2.05) is 18.2 Å². The normalized spacial score (nSPS) is 10.3. The molecule has 0 saturated heterocycles. The van der Waals surface area contributed by atoms with Crippen LogP contribution in [-0.4, -0.2) is 0 Å². The highest BCUT2D eigenvalue weighted by molar-refractivity contribution is 5.81. The van der Waals surface area contributed by atoms with Gasteiger partial charge in [-0.1, -0.05) is 42.1 Å². The minimum atomic E-state index is -0.751. The van der Waals surface area contributed by atoms with E-state index in [4.69, 9.17) is 10.5 Å². The van der Waals surface area contributed by atoms with Gasteiger partial charge in [-0.2, -0.15) is 0 Å². The first-order valence-electron chi connectivity index (χ1n) is 6.92. The first-order valence-corrected chi connectivity index (χ1v) is 6.92. The Morgan fingerprint density at radius 1 is 0.783 bits per heavy atom. The minimum absolute atomic E-state index is 0.207. The maximum absolute atomic E-state index is 13.7. The fraction of sp³-hybridized carbons (Fsp3) is 0. The zero-order chi connectivity index (χ0) is 16.2. The number of nitrogens with zero attached hydrogens (tertiary/aromatic N) is 1. The monoisotopic (exact) mass is 311 g/mol. The lowest BCUT2D eigenvalue weighted by atomic mass is 10.2. The van der Waals surface area contributed by atoms with Crippen LogP contribution in [0.1, 0.15) is 0 Å². The standard InChI is InChI=1S/C18H13F2N2O/c19-13-8-4-9-14(20)18(13)22-15-10-5-11-16(17(15)21)23-12-6-2-1-3-7-12/h1-11H,21H2/q-1. The van der Waals surface area contributed by atoms with Gasteiger partial charge < -0.3 is 15.8 Å². The Bertz CT molecular complexity index is 802. The highest BCUT2D eigenvalue weighted by Gasteiger charge is 2.05. The van der Waals surface area contributed by atoms with E-state index in [9.17, 15) is 8.78 Å². The summed E-state index contributed by atoms with van der Waals surface area (Å²) < 4.78 is 33.1. The predicted molar refractivity (Wildman–Crippen MR) is 86.4 cm³/mol. The molecule has 3 aromatic rings. The summed E-state index contributed by atoms with van der Waals surface area (Å²) in [5.74, 6) is -0.528. The average molecular weight is 311 g/mol. The fourth-order valence-corrected chi connectivity index (χ4v) is 2.05. The molecule has 0 bridgehead atoms. The van der Waals surface area contributed by atoms with Crippen molar-refractivity contribution in [2.45, 2.75) is 0 Å². The van der Waals surface area contributed by atoms with Crippen LogP contribution in [0, 0.1) is 11.6 Å². The Morgan fingerprint density at radius 2 is 1.43 bits per heavy atom. The molecule has 0 aliphatic heterocycles. The van der Waals surface area contributed by atoms with Gasteiger partial charge in [-0.05, 0) is 30.3 Å². The quantitative estimate of drug-likeness (QED) is 0.630. The van der Waals surface area contributed by atoms with Gasteiger partial charge in [0.15, 0.2) is 0 Å². The molecular weight excluding hydrogens is 298 g/mol. The van der Waals surface area contributed by atoms with Crippen LogP contribution in [-0.2, 0) is 0 Å². The maximum Gasteiger partial charge on any atom is 0.149 e. The van der Waals surface area contributed by atoms with E-state index in [2.05, 4.69) is 5.32 Å². The summed E-state index contributed by atoms with van der Waals surface area (Å²) >= 11 is 0. The Labute approximate surface area is 132 Å². The number of hydrogen-bond donors (Lipinski definition) is 1. The Morgan fingerprint density at radius 3 is 2.13 bits per heavy atom. The van der Waals surface area contributed by atoms with E-state index in [1.165, 1.54) is 6.07 Å². The van der Waals surface area contributed by atoms with Crippen LogP contribution >= 0.6 is 0 Å². The Hall–Kier alpha value is -3.08. The number of rotatable bonds is 4. The molecule has 3 nitrogen and oxygen atoms in total. The highest BCUT2D eigenvalue weighted by atomic mass is 19.1. The molecule has 0 saturated carbocycles. The third-order valence-corrected chi connectivity index (χ3v) is 3.18. The van der Waals surface area contributed by atoms with Gasteiger partial charge in [0.05, 0.1) is 5.69 Å². The summed E-state index contributed by atoms with van der Waals surface area (Å²) in [7, 11) is 0. The second-order valence-corrected chi connectivity index (χ2v) is 4.79. The number of benzene rings is 3. The van der Waals surface area contributed by atoms with Gasteiger partial charge in [0, 0.05) is 0 Å². The number of halogens is 2. The molecule has 0 unspecified atom stereocenters. The van der Waals surface area contributed by atoms with Gasteiger partial charge >= 0.3 is 0 Å². The molecule has 0 radical (unpaired) electrons. The van der Waals surface area contributed by atoms with Crippen LogP contribution in [0.5, 0.6) is 11.5 Å². The third kappa shape index (κ3) is 3.23. The Balaban J connectivity index is 1.91. The van der Waals surface area contributed by atoms with Crippen LogP contribution in [0.2, 0.25) is 0 Å². The molecule has 116 valence electrons. The van der Waals surface area contributed by atoms with Gasteiger partial charge in [-0.15, -0.1) is 5.69 Å². The molecule has 0 fully saturated rings. The lowest BCUT2D eigenvalue weighted by Gasteiger charge is -2.26. The van der Waals surface area contributed by atoms with E-state index in [-0.39, 0.29) is 17.1 Å². The van der Waals surface area contributed by atoms with Crippen LogP contribution in [0.25, 0.3) is 5.32 Å². The third-order valence-electron chi connectivity index (χ3n) is 3.18. The maximum atomic E-state index is 13.7. The second kappa shape index (κ2) is 6.36. The molecule has 2 N–H and O–H groups in total. The molecule has 0 aliphatic rings. The molecule has 23 heavy (non-hydrogen) atoms. The average Bonchev–Trinajstić information content (AvgIpc) is 2.55. The van der Waals surface area contributed by atoms with Crippen molar-refractivity contribution < 1.29 is 13.5 Å².